The maximum Gasteiger partial charge on any atom is 0.240 e. The van der Waals surface area contributed by atoms with Crippen LogP contribution in [-0.2, 0) is 16.6 Å². The summed E-state index contributed by atoms with van der Waals surface area (Å²) in [6.07, 6.45) is 3.93. The molecule has 4 nitrogen and oxygen atoms in total. The minimum atomic E-state index is -3.75. The standard InChI is InChI=1S/C12H16ClFN2O2S2/c1-19-12(2-3-12)7-16-20(17,18)9-4-8(6-15)11(13)10(14)5-9/h4-5,16H,2-3,6-7,15H2,1H3. The van der Waals surface area contributed by atoms with E-state index in [0.717, 1.165) is 18.9 Å². The van der Waals surface area contributed by atoms with Gasteiger partial charge in [0.15, 0.2) is 0 Å². The number of thioether (sulfide) groups is 1. The Bertz CT molecular complexity index is 618. The van der Waals surface area contributed by atoms with E-state index in [0.29, 0.717) is 6.54 Å². The Morgan fingerprint density at radius 1 is 1.50 bits per heavy atom. The van der Waals surface area contributed by atoms with E-state index in [1.54, 1.807) is 11.8 Å². The SMILES string of the molecule is CSC1(CNS(=O)(=O)c2cc(F)c(Cl)c(CN)c2)CC1. The molecule has 8 heteroatoms. The van der Waals surface area contributed by atoms with Crippen molar-refractivity contribution in [3.05, 3.63) is 28.5 Å². The Kier molecular flexibility index (Phi) is 4.66. The molecule has 0 atom stereocenters. The highest BCUT2D eigenvalue weighted by atomic mass is 35.5. The first-order chi connectivity index (χ1) is 9.33. The Hall–Kier alpha value is -0.340. The number of nitrogens with two attached hydrogens (primary N) is 1. The van der Waals surface area contributed by atoms with Gasteiger partial charge in [-0.15, -0.1) is 0 Å². The van der Waals surface area contributed by atoms with E-state index in [1.807, 2.05) is 6.26 Å². The van der Waals surface area contributed by atoms with Gasteiger partial charge in [-0.25, -0.2) is 17.5 Å². The van der Waals surface area contributed by atoms with Gasteiger partial charge in [0, 0.05) is 17.8 Å². The van der Waals surface area contributed by atoms with Crippen LogP contribution in [0.25, 0.3) is 0 Å². The topological polar surface area (TPSA) is 72.2 Å². The number of sulfonamides is 1. The van der Waals surface area contributed by atoms with Crippen molar-refractivity contribution >= 4 is 33.4 Å². The highest BCUT2D eigenvalue weighted by Gasteiger charge is 2.42. The Morgan fingerprint density at radius 2 is 2.15 bits per heavy atom. The molecular weight excluding hydrogens is 323 g/mol. The van der Waals surface area contributed by atoms with Gasteiger partial charge in [-0.2, -0.15) is 11.8 Å². The summed E-state index contributed by atoms with van der Waals surface area (Å²) in [5.41, 5.74) is 5.71. The van der Waals surface area contributed by atoms with E-state index in [1.165, 1.54) is 6.07 Å². The maximum absolute atomic E-state index is 13.6. The molecule has 1 fully saturated rings. The van der Waals surface area contributed by atoms with E-state index < -0.39 is 15.8 Å². The highest BCUT2D eigenvalue weighted by molar-refractivity contribution is 8.00. The molecule has 1 aliphatic rings. The lowest BCUT2D eigenvalue weighted by Gasteiger charge is -2.14. The van der Waals surface area contributed by atoms with Crippen molar-refractivity contribution in [3.8, 4) is 0 Å². The largest absolute Gasteiger partial charge is 0.326 e. The number of hydrogen-bond acceptors (Lipinski definition) is 4. The highest BCUT2D eigenvalue weighted by Crippen LogP contribution is 2.46. The van der Waals surface area contributed by atoms with Crippen LogP contribution in [-0.4, -0.2) is 26.0 Å². The van der Waals surface area contributed by atoms with Crippen molar-refractivity contribution in [2.75, 3.05) is 12.8 Å². The minimum Gasteiger partial charge on any atom is -0.326 e. The van der Waals surface area contributed by atoms with Crippen molar-refractivity contribution in [1.29, 1.82) is 0 Å². The van der Waals surface area contributed by atoms with Crippen LogP contribution in [0.3, 0.4) is 0 Å². The average Bonchev–Trinajstić information content (AvgIpc) is 3.20. The molecule has 0 bridgehead atoms. The quantitative estimate of drug-likeness (QED) is 0.833. The summed E-state index contributed by atoms with van der Waals surface area (Å²) in [5.74, 6) is -0.777. The number of benzene rings is 1. The summed E-state index contributed by atoms with van der Waals surface area (Å²) >= 11 is 7.37. The van der Waals surface area contributed by atoms with E-state index in [-0.39, 0.29) is 26.8 Å². The van der Waals surface area contributed by atoms with Crippen molar-refractivity contribution in [2.24, 2.45) is 5.73 Å². The number of hydrogen-bond donors (Lipinski definition) is 2. The third kappa shape index (κ3) is 3.28. The number of nitrogens with one attached hydrogen (secondary N) is 1. The van der Waals surface area contributed by atoms with Crippen LogP contribution in [0.2, 0.25) is 5.02 Å². The molecule has 0 spiro atoms. The van der Waals surface area contributed by atoms with E-state index in [4.69, 9.17) is 17.3 Å². The normalized spacial score (nSPS) is 17.2. The summed E-state index contributed by atoms with van der Waals surface area (Å²) in [4.78, 5) is -0.142. The van der Waals surface area contributed by atoms with Gasteiger partial charge in [-0.1, -0.05) is 11.6 Å². The van der Waals surface area contributed by atoms with Crippen LogP contribution in [0.1, 0.15) is 18.4 Å². The van der Waals surface area contributed by atoms with Crippen molar-refractivity contribution < 1.29 is 12.8 Å². The molecule has 0 aromatic heterocycles. The molecule has 0 radical (unpaired) electrons. The number of halogens is 2. The third-order valence-electron chi connectivity index (χ3n) is 3.43. The second kappa shape index (κ2) is 5.81. The average molecular weight is 339 g/mol. The van der Waals surface area contributed by atoms with Crippen LogP contribution in [0.15, 0.2) is 17.0 Å². The van der Waals surface area contributed by atoms with Gasteiger partial charge in [-0.3, -0.25) is 0 Å². The molecule has 0 saturated heterocycles. The molecule has 0 heterocycles. The zero-order valence-electron chi connectivity index (χ0n) is 10.9. The molecule has 112 valence electrons. The van der Waals surface area contributed by atoms with Gasteiger partial charge in [0.25, 0.3) is 0 Å². The Balaban J connectivity index is 2.23. The van der Waals surface area contributed by atoms with Gasteiger partial charge in [-0.05, 0) is 36.8 Å². The first-order valence-electron chi connectivity index (χ1n) is 6.06. The van der Waals surface area contributed by atoms with Gasteiger partial charge < -0.3 is 5.73 Å². The van der Waals surface area contributed by atoms with Crippen LogP contribution >= 0.6 is 23.4 Å². The van der Waals surface area contributed by atoms with Crippen LogP contribution in [0.5, 0.6) is 0 Å². The summed E-state index contributed by atoms with van der Waals surface area (Å²) in [7, 11) is -3.75. The van der Waals surface area contributed by atoms with Crippen LogP contribution in [0, 0.1) is 5.82 Å². The second-order valence-electron chi connectivity index (χ2n) is 4.79. The molecule has 3 N–H and O–H groups in total. The second-order valence-corrected chi connectivity index (χ2v) is 8.21. The smallest absolute Gasteiger partial charge is 0.240 e. The van der Waals surface area contributed by atoms with Gasteiger partial charge in [0.2, 0.25) is 10.0 Å². The molecule has 0 unspecified atom stereocenters. The maximum atomic E-state index is 13.6. The zero-order valence-corrected chi connectivity index (χ0v) is 13.3. The van der Waals surface area contributed by atoms with Gasteiger partial charge in [0.05, 0.1) is 9.92 Å². The lowest BCUT2D eigenvalue weighted by atomic mass is 10.2. The van der Waals surface area contributed by atoms with Gasteiger partial charge in [0.1, 0.15) is 5.82 Å². The molecule has 1 saturated carbocycles. The summed E-state index contributed by atoms with van der Waals surface area (Å²) in [6, 6.07) is 2.23. The molecule has 1 aliphatic carbocycles. The lowest BCUT2D eigenvalue weighted by molar-refractivity contribution is 0.575. The first-order valence-corrected chi connectivity index (χ1v) is 9.15. The zero-order chi connectivity index (χ0) is 15.0. The fraction of sp³-hybridized carbons (Fsp3) is 0.500. The van der Waals surface area contributed by atoms with Crippen LogP contribution in [0.4, 0.5) is 4.39 Å². The summed E-state index contributed by atoms with van der Waals surface area (Å²) < 4.78 is 40.5. The molecule has 0 amide bonds. The Labute approximate surface area is 127 Å². The molecule has 1 aromatic carbocycles. The van der Waals surface area contributed by atoms with Crippen molar-refractivity contribution in [3.63, 3.8) is 0 Å². The predicted molar refractivity (Wildman–Crippen MR) is 80.0 cm³/mol. The first kappa shape index (κ1) is 16.0. The van der Waals surface area contributed by atoms with E-state index in [9.17, 15) is 12.8 Å². The number of rotatable bonds is 6. The predicted octanol–water partition coefficient (Wildman–Crippen LogP) is 2.11. The van der Waals surface area contributed by atoms with Crippen molar-refractivity contribution in [2.45, 2.75) is 29.0 Å². The van der Waals surface area contributed by atoms with Gasteiger partial charge >= 0.3 is 0 Å². The fourth-order valence-corrected chi connectivity index (χ4v) is 4.02. The minimum absolute atomic E-state index is 0.00522. The van der Waals surface area contributed by atoms with E-state index >= 15 is 0 Å². The third-order valence-corrected chi connectivity index (χ3v) is 6.65. The molecule has 1 aromatic rings. The van der Waals surface area contributed by atoms with Crippen molar-refractivity contribution in [1.82, 2.24) is 4.72 Å². The molecule has 2 rings (SSSR count). The van der Waals surface area contributed by atoms with E-state index in [2.05, 4.69) is 4.72 Å². The molecule has 0 aliphatic heterocycles. The summed E-state index contributed by atoms with van der Waals surface area (Å²) in [5, 5.41) is -0.130. The molecule has 20 heavy (non-hydrogen) atoms. The fourth-order valence-electron chi connectivity index (χ4n) is 1.82. The molecular formula is C12H16ClFN2O2S2. The monoisotopic (exact) mass is 338 g/mol. The lowest BCUT2D eigenvalue weighted by Crippen LogP contribution is -2.32. The van der Waals surface area contributed by atoms with Crippen LogP contribution < -0.4 is 10.5 Å². The summed E-state index contributed by atoms with van der Waals surface area (Å²) in [6.45, 7) is 0.326. The Morgan fingerprint density at radius 3 is 2.65 bits per heavy atom.